The third-order valence-electron chi connectivity index (χ3n) is 4.99. The molecule has 1 unspecified atom stereocenters. The van der Waals surface area contributed by atoms with Gasteiger partial charge in [-0.1, -0.05) is 94.3 Å². The molecule has 26 heavy (non-hydrogen) atoms. The van der Waals surface area contributed by atoms with E-state index in [0.717, 1.165) is 19.3 Å². The van der Waals surface area contributed by atoms with E-state index in [4.69, 9.17) is 4.74 Å². The van der Waals surface area contributed by atoms with Crippen molar-refractivity contribution in [2.45, 2.75) is 84.2 Å². The number of esters is 1. The number of benzene rings is 2. The number of carbonyl (C=O) groups excluding carboxylic acids is 1. The molecule has 0 aliphatic heterocycles. The van der Waals surface area contributed by atoms with Crippen LogP contribution in [-0.2, 0) is 16.0 Å². The first-order valence-electron chi connectivity index (χ1n) is 10.3. The molecule has 1 atom stereocenters. The first-order chi connectivity index (χ1) is 12.7. The fraction of sp³-hybridized carbons (Fsp3) is 0.542. The zero-order chi connectivity index (χ0) is 18.6. The molecular weight excluding hydrogens is 320 g/mol. The molecular formula is C24H34O2. The van der Waals surface area contributed by atoms with E-state index in [1.807, 2.05) is 0 Å². The van der Waals surface area contributed by atoms with Crippen molar-refractivity contribution in [2.24, 2.45) is 0 Å². The van der Waals surface area contributed by atoms with E-state index < -0.39 is 0 Å². The first-order valence-corrected chi connectivity index (χ1v) is 10.3. The highest BCUT2D eigenvalue weighted by Crippen LogP contribution is 2.20. The van der Waals surface area contributed by atoms with Gasteiger partial charge in [0.15, 0.2) is 0 Å². The highest BCUT2D eigenvalue weighted by atomic mass is 16.5. The maximum atomic E-state index is 11.5. The summed E-state index contributed by atoms with van der Waals surface area (Å²) < 4.78 is 5.59. The minimum Gasteiger partial charge on any atom is -0.462 e. The predicted molar refractivity (Wildman–Crippen MR) is 110 cm³/mol. The molecule has 0 heterocycles. The molecule has 0 bridgehead atoms. The van der Waals surface area contributed by atoms with Gasteiger partial charge in [-0.05, 0) is 29.2 Å². The molecule has 0 spiro atoms. The fourth-order valence-electron chi connectivity index (χ4n) is 3.57. The third-order valence-corrected chi connectivity index (χ3v) is 4.99. The van der Waals surface area contributed by atoms with Crippen LogP contribution < -0.4 is 0 Å². The van der Waals surface area contributed by atoms with Gasteiger partial charge >= 0.3 is 5.97 Å². The average molecular weight is 355 g/mol. The van der Waals surface area contributed by atoms with Crippen LogP contribution in [0.15, 0.2) is 42.5 Å². The predicted octanol–water partition coefficient (Wildman–Crippen LogP) is 6.84. The van der Waals surface area contributed by atoms with Crippen LogP contribution >= 0.6 is 0 Å². The lowest BCUT2D eigenvalue weighted by Crippen LogP contribution is -2.19. The van der Waals surface area contributed by atoms with Gasteiger partial charge in [0.2, 0.25) is 0 Å². The van der Waals surface area contributed by atoms with E-state index >= 15 is 0 Å². The number of ether oxygens (including phenoxy) is 1. The number of hydrogen-bond donors (Lipinski definition) is 0. The molecule has 0 aliphatic rings. The highest BCUT2D eigenvalue weighted by Gasteiger charge is 2.13. The Kier molecular flexibility index (Phi) is 9.23. The van der Waals surface area contributed by atoms with Crippen LogP contribution in [0.4, 0.5) is 0 Å². The maximum Gasteiger partial charge on any atom is 0.302 e. The van der Waals surface area contributed by atoms with Gasteiger partial charge in [-0.15, -0.1) is 0 Å². The largest absolute Gasteiger partial charge is 0.462 e. The molecule has 0 aromatic heterocycles. The van der Waals surface area contributed by atoms with Crippen molar-refractivity contribution in [1.29, 1.82) is 0 Å². The Balaban J connectivity index is 1.79. The molecule has 0 radical (unpaired) electrons. The van der Waals surface area contributed by atoms with E-state index in [1.165, 1.54) is 68.2 Å². The zero-order valence-electron chi connectivity index (χ0n) is 16.5. The molecule has 2 heteroatoms. The van der Waals surface area contributed by atoms with Gasteiger partial charge in [-0.2, -0.15) is 0 Å². The second-order valence-electron chi connectivity index (χ2n) is 7.38. The van der Waals surface area contributed by atoms with Gasteiger partial charge in [0.05, 0.1) is 0 Å². The van der Waals surface area contributed by atoms with E-state index in [0.29, 0.717) is 0 Å². The molecule has 0 N–H and O–H groups in total. The van der Waals surface area contributed by atoms with Crippen molar-refractivity contribution in [3.63, 3.8) is 0 Å². The normalized spacial score (nSPS) is 12.2. The Labute approximate surface area is 158 Å². The SMILES string of the molecule is CCCCCCCCCCC(Cc1ccc2ccccc2c1)OC(C)=O. The van der Waals surface area contributed by atoms with Crippen LogP contribution in [0.1, 0.15) is 77.2 Å². The lowest BCUT2D eigenvalue weighted by molar-refractivity contribution is -0.146. The number of carbonyl (C=O) groups is 1. The van der Waals surface area contributed by atoms with Crippen molar-refractivity contribution < 1.29 is 9.53 Å². The Morgan fingerprint density at radius 2 is 1.54 bits per heavy atom. The molecule has 2 aromatic rings. The minimum absolute atomic E-state index is 0.00578. The van der Waals surface area contributed by atoms with Gasteiger partial charge in [-0.25, -0.2) is 0 Å². The average Bonchev–Trinajstić information content (AvgIpc) is 2.63. The summed E-state index contributed by atoms with van der Waals surface area (Å²) in [4.78, 5) is 11.5. The Morgan fingerprint density at radius 3 is 2.23 bits per heavy atom. The lowest BCUT2D eigenvalue weighted by atomic mass is 9.99. The van der Waals surface area contributed by atoms with E-state index in [9.17, 15) is 4.79 Å². The standard InChI is InChI=1S/C24H34O2/c1-3-4-5-6-7-8-9-10-15-24(26-20(2)25)19-21-16-17-22-13-11-12-14-23(22)18-21/h11-14,16-18,24H,3-10,15,19H2,1-2H3. The summed E-state index contributed by atoms with van der Waals surface area (Å²) in [5.74, 6) is -0.171. The van der Waals surface area contributed by atoms with Gasteiger partial charge < -0.3 is 4.74 Å². The minimum atomic E-state index is -0.171. The van der Waals surface area contributed by atoms with Crippen molar-refractivity contribution in [3.05, 3.63) is 48.0 Å². The van der Waals surface area contributed by atoms with Crippen LogP contribution in [0.2, 0.25) is 0 Å². The Bertz CT molecular complexity index is 662. The van der Waals surface area contributed by atoms with Crippen LogP contribution in [0, 0.1) is 0 Å². The van der Waals surface area contributed by atoms with Crippen LogP contribution in [0.5, 0.6) is 0 Å². The van der Waals surface area contributed by atoms with Crippen LogP contribution in [-0.4, -0.2) is 12.1 Å². The van der Waals surface area contributed by atoms with Gasteiger partial charge in [0, 0.05) is 13.3 Å². The molecule has 2 rings (SSSR count). The summed E-state index contributed by atoms with van der Waals surface area (Å²) in [5.41, 5.74) is 1.24. The van der Waals surface area contributed by atoms with Gasteiger partial charge in [0.1, 0.15) is 6.10 Å². The molecule has 0 aliphatic carbocycles. The third kappa shape index (κ3) is 7.59. The van der Waals surface area contributed by atoms with E-state index in [1.54, 1.807) is 0 Å². The lowest BCUT2D eigenvalue weighted by Gasteiger charge is -2.17. The van der Waals surface area contributed by atoms with Gasteiger partial charge in [-0.3, -0.25) is 4.79 Å². The molecule has 0 amide bonds. The van der Waals surface area contributed by atoms with Crippen LogP contribution in [0.3, 0.4) is 0 Å². The molecule has 2 nitrogen and oxygen atoms in total. The highest BCUT2D eigenvalue weighted by molar-refractivity contribution is 5.83. The van der Waals surface area contributed by atoms with Crippen LogP contribution in [0.25, 0.3) is 10.8 Å². The van der Waals surface area contributed by atoms with E-state index in [2.05, 4.69) is 49.4 Å². The Hall–Kier alpha value is -1.83. The second kappa shape index (κ2) is 11.7. The smallest absolute Gasteiger partial charge is 0.302 e. The van der Waals surface area contributed by atoms with E-state index in [-0.39, 0.29) is 12.1 Å². The second-order valence-corrected chi connectivity index (χ2v) is 7.38. The molecule has 2 aromatic carbocycles. The van der Waals surface area contributed by atoms with Crippen molar-refractivity contribution in [2.75, 3.05) is 0 Å². The summed E-state index contributed by atoms with van der Waals surface area (Å²) in [7, 11) is 0. The number of hydrogen-bond acceptors (Lipinski definition) is 2. The summed E-state index contributed by atoms with van der Waals surface area (Å²) in [5, 5.41) is 2.50. The quantitative estimate of drug-likeness (QED) is 0.308. The maximum absolute atomic E-state index is 11.5. The number of rotatable bonds is 12. The molecule has 0 saturated carbocycles. The number of unbranched alkanes of at least 4 members (excludes halogenated alkanes) is 7. The molecule has 142 valence electrons. The summed E-state index contributed by atoms with van der Waals surface area (Å²) in [6.07, 6.45) is 12.2. The molecule has 0 fully saturated rings. The first kappa shape index (κ1) is 20.5. The summed E-state index contributed by atoms with van der Waals surface area (Å²) >= 11 is 0. The zero-order valence-corrected chi connectivity index (χ0v) is 16.5. The van der Waals surface area contributed by atoms with Crippen molar-refractivity contribution in [1.82, 2.24) is 0 Å². The molecule has 0 saturated heterocycles. The van der Waals surface area contributed by atoms with Gasteiger partial charge in [0.25, 0.3) is 0 Å². The number of fused-ring (bicyclic) bond motifs is 1. The topological polar surface area (TPSA) is 26.3 Å². The summed E-state index contributed by atoms with van der Waals surface area (Å²) in [6.45, 7) is 3.77. The fourth-order valence-corrected chi connectivity index (χ4v) is 3.57. The summed E-state index contributed by atoms with van der Waals surface area (Å²) in [6, 6.07) is 14.9. The van der Waals surface area contributed by atoms with Crippen molar-refractivity contribution >= 4 is 16.7 Å². The monoisotopic (exact) mass is 354 g/mol. The Morgan fingerprint density at radius 1 is 0.885 bits per heavy atom. The van der Waals surface area contributed by atoms with Crippen molar-refractivity contribution in [3.8, 4) is 0 Å².